The number of primary amides is 1. The highest BCUT2D eigenvalue weighted by atomic mass is 16.5. The van der Waals surface area contributed by atoms with Crippen molar-refractivity contribution in [1.82, 2.24) is 0 Å². The van der Waals surface area contributed by atoms with Crippen molar-refractivity contribution in [3.63, 3.8) is 0 Å². The Bertz CT molecular complexity index is 617. The molecule has 0 bridgehead atoms. The number of nitrogens with two attached hydrogens (primary N) is 2. The van der Waals surface area contributed by atoms with Gasteiger partial charge < -0.3 is 21.1 Å². The molecule has 5 heteroatoms. The number of benzene rings is 2. The molecule has 0 spiro atoms. The van der Waals surface area contributed by atoms with Gasteiger partial charge in [-0.1, -0.05) is 56.3 Å². The molecule has 5 nitrogen and oxygen atoms in total. The molecule has 1 heterocycles. The number of rotatable bonds is 3. The topological polar surface area (TPSA) is 81.6 Å². The van der Waals surface area contributed by atoms with Gasteiger partial charge in [0.1, 0.15) is 18.4 Å². The highest BCUT2D eigenvalue weighted by molar-refractivity contribution is 5.86. The van der Waals surface area contributed by atoms with Gasteiger partial charge in [-0.15, -0.1) is 0 Å². The van der Waals surface area contributed by atoms with Crippen LogP contribution in [0.4, 0.5) is 5.69 Å². The largest absolute Gasteiger partial charge is 0.490 e. The molecule has 0 saturated carbocycles. The van der Waals surface area contributed by atoms with E-state index in [4.69, 9.17) is 10.5 Å². The zero-order valence-corrected chi connectivity index (χ0v) is 14.6. The summed E-state index contributed by atoms with van der Waals surface area (Å²) in [4.78, 5) is 14.0. The first-order valence-corrected chi connectivity index (χ1v) is 8.18. The van der Waals surface area contributed by atoms with Crippen LogP contribution < -0.4 is 21.1 Å². The molecule has 0 fully saturated rings. The van der Waals surface area contributed by atoms with Gasteiger partial charge in [-0.3, -0.25) is 4.79 Å². The minimum Gasteiger partial charge on any atom is -0.490 e. The summed E-state index contributed by atoms with van der Waals surface area (Å²) in [6, 6.07) is 16.8. The number of fused-ring (bicyclic) bond motifs is 1. The molecule has 0 saturated heterocycles. The first-order chi connectivity index (χ1) is 11.8. The number of carbonyl (C=O) groups is 1. The van der Waals surface area contributed by atoms with Gasteiger partial charge in [-0.25, -0.2) is 0 Å². The fourth-order valence-electron chi connectivity index (χ4n) is 2.59. The number of hydrogen-bond donors (Lipinski definition) is 2. The molecule has 1 atom stereocenters. The van der Waals surface area contributed by atoms with Crippen LogP contribution in [-0.4, -0.2) is 26.1 Å². The van der Waals surface area contributed by atoms with Crippen molar-refractivity contribution in [3.8, 4) is 5.75 Å². The van der Waals surface area contributed by atoms with E-state index in [9.17, 15) is 4.79 Å². The van der Waals surface area contributed by atoms with Gasteiger partial charge in [0, 0.05) is 0 Å². The van der Waals surface area contributed by atoms with Crippen LogP contribution >= 0.6 is 0 Å². The first-order valence-electron chi connectivity index (χ1n) is 8.18. The Labute approximate surface area is 144 Å². The van der Waals surface area contributed by atoms with Gasteiger partial charge in [0.2, 0.25) is 5.91 Å². The highest BCUT2D eigenvalue weighted by Gasteiger charge is 2.29. The number of hydrogen-bond acceptors (Lipinski definition) is 4. The second kappa shape index (κ2) is 10.3. The standard InChI is InChI=1S/C16H16N2O2.C2H6.CH5N/c17-16(19)15(12-6-2-1-3-7-12)18-10-11-20-14-9-5-4-8-13(14)18;2*1-2/h1-9,15H,10-11H2,(H2,17,19);1-2H3;2H2,1H3. The van der Waals surface area contributed by atoms with E-state index in [1.807, 2.05) is 73.3 Å². The number of amides is 1. The Kier molecular flexibility index (Phi) is 8.36. The van der Waals surface area contributed by atoms with Gasteiger partial charge in [-0.2, -0.15) is 0 Å². The molecule has 3 rings (SSSR count). The molecule has 0 aliphatic carbocycles. The van der Waals surface area contributed by atoms with Crippen LogP contribution in [0, 0.1) is 0 Å². The van der Waals surface area contributed by atoms with E-state index in [0.29, 0.717) is 13.2 Å². The number of anilines is 1. The summed E-state index contributed by atoms with van der Waals surface area (Å²) in [6.07, 6.45) is 0. The zero-order chi connectivity index (χ0) is 17.9. The molecule has 2 aromatic carbocycles. The summed E-state index contributed by atoms with van der Waals surface area (Å²) in [5.74, 6) is 0.439. The van der Waals surface area contributed by atoms with Crippen molar-refractivity contribution in [1.29, 1.82) is 0 Å². The normalized spacial score (nSPS) is 13.1. The summed E-state index contributed by atoms with van der Waals surface area (Å²) in [5, 5.41) is 0. The van der Waals surface area contributed by atoms with Gasteiger partial charge >= 0.3 is 0 Å². The molecule has 2 aromatic rings. The van der Waals surface area contributed by atoms with Gasteiger partial charge in [-0.05, 0) is 24.7 Å². The minimum absolute atomic E-state index is 0.354. The van der Waals surface area contributed by atoms with Crippen LogP contribution in [-0.2, 0) is 4.79 Å². The lowest BCUT2D eigenvalue weighted by molar-refractivity contribution is -0.119. The van der Waals surface area contributed by atoms with Gasteiger partial charge in [0.05, 0.1) is 12.2 Å². The molecule has 0 aromatic heterocycles. The average molecular weight is 329 g/mol. The predicted molar refractivity (Wildman–Crippen MR) is 99.1 cm³/mol. The smallest absolute Gasteiger partial charge is 0.244 e. The lowest BCUT2D eigenvalue weighted by Gasteiger charge is -2.36. The molecule has 0 radical (unpaired) electrons. The maximum Gasteiger partial charge on any atom is 0.244 e. The van der Waals surface area contributed by atoms with Crippen LogP contribution in [0.2, 0.25) is 0 Å². The van der Waals surface area contributed by atoms with E-state index >= 15 is 0 Å². The van der Waals surface area contributed by atoms with Crippen LogP contribution in [0.3, 0.4) is 0 Å². The van der Waals surface area contributed by atoms with Crippen molar-refractivity contribution >= 4 is 11.6 Å². The Morgan fingerprint density at radius 3 is 2.25 bits per heavy atom. The Morgan fingerprint density at radius 2 is 1.62 bits per heavy atom. The van der Waals surface area contributed by atoms with Crippen molar-refractivity contribution in [2.75, 3.05) is 25.1 Å². The van der Waals surface area contributed by atoms with Crippen molar-refractivity contribution in [2.45, 2.75) is 19.9 Å². The summed E-state index contributed by atoms with van der Waals surface area (Å²) >= 11 is 0. The summed E-state index contributed by atoms with van der Waals surface area (Å²) in [7, 11) is 1.50. The van der Waals surface area contributed by atoms with E-state index in [1.165, 1.54) is 7.05 Å². The van der Waals surface area contributed by atoms with E-state index < -0.39 is 6.04 Å². The van der Waals surface area contributed by atoms with Crippen LogP contribution in [0.15, 0.2) is 54.6 Å². The first kappa shape index (κ1) is 19.5. The zero-order valence-electron chi connectivity index (χ0n) is 14.6. The highest BCUT2D eigenvalue weighted by Crippen LogP contribution is 2.36. The number of nitrogens with zero attached hydrogens (tertiary/aromatic N) is 1. The average Bonchev–Trinajstić information content (AvgIpc) is 2.66. The Hall–Kier alpha value is -2.53. The number of para-hydroxylation sites is 2. The molecule has 1 aliphatic rings. The fourth-order valence-corrected chi connectivity index (χ4v) is 2.59. The molecule has 1 unspecified atom stereocenters. The van der Waals surface area contributed by atoms with Crippen LogP contribution in [0.1, 0.15) is 25.5 Å². The quantitative estimate of drug-likeness (QED) is 0.907. The van der Waals surface area contributed by atoms with Crippen LogP contribution in [0.5, 0.6) is 5.75 Å². The van der Waals surface area contributed by atoms with Crippen molar-refractivity contribution in [3.05, 3.63) is 60.2 Å². The monoisotopic (exact) mass is 329 g/mol. The third-order valence-electron chi connectivity index (χ3n) is 3.46. The lowest BCUT2D eigenvalue weighted by atomic mass is 10.0. The third kappa shape index (κ3) is 4.49. The Morgan fingerprint density at radius 1 is 1.04 bits per heavy atom. The number of carbonyl (C=O) groups excluding carboxylic acids is 1. The van der Waals surface area contributed by atoms with Crippen molar-refractivity contribution in [2.24, 2.45) is 11.5 Å². The predicted octanol–water partition coefficient (Wildman–Crippen LogP) is 2.71. The molecule has 1 amide bonds. The fraction of sp³-hybridized carbons (Fsp3) is 0.316. The summed E-state index contributed by atoms with van der Waals surface area (Å²) in [5.41, 5.74) is 11.9. The number of ether oxygens (including phenoxy) is 1. The minimum atomic E-state index is -0.471. The molecular formula is C19H27N3O2. The van der Waals surface area contributed by atoms with E-state index in [2.05, 4.69) is 5.73 Å². The second-order valence-electron chi connectivity index (χ2n) is 4.73. The molecule has 130 valence electrons. The Balaban J connectivity index is 0.000000671. The lowest BCUT2D eigenvalue weighted by Crippen LogP contribution is -2.42. The summed E-state index contributed by atoms with van der Waals surface area (Å²) in [6.45, 7) is 5.19. The molecular weight excluding hydrogens is 302 g/mol. The summed E-state index contributed by atoms with van der Waals surface area (Å²) < 4.78 is 5.63. The van der Waals surface area contributed by atoms with Gasteiger partial charge in [0.25, 0.3) is 0 Å². The van der Waals surface area contributed by atoms with E-state index in [0.717, 1.165) is 17.0 Å². The molecule has 4 N–H and O–H groups in total. The van der Waals surface area contributed by atoms with Crippen LogP contribution in [0.25, 0.3) is 0 Å². The maximum atomic E-state index is 11.9. The van der Waals surface area contributed by atoms with E-state index in [-0.39, 0.29) is 5.91 Å². The van der Waals surface area contributed by atoms with Gasteiger partial charge in [0.15, 0.2) is 0 Å². The SMILES string of the molecule is CC.CN.NC(=O)C(c1ccccc1)N1CCOc2ccccc21. The molecule has 24 heavy (non-hydrogen) atoms. The molecule has 1 aliphatic heterocycles. The third-order valence-corrected chi connectivity index (χ3v) is 3.46. The maximum absolute atomic E-state index is 11.9. The van der Waals surface area contributed by atoms with E-state index in [1.54, 1.807) is 0 Å². The second-order valence-corrected chi connectivity index (χ2v) is 4.73. The van der Waals surface area contributed by atoms with Crippen molar-refractivity contribution < 1.29 is 9.53 Å².